The molecule has 0 fully saturated rings. The first-order chi connectivity index (χ1) is 13.8. The number of carbonyl (C=O) groups excluding carboxylic acids is 1. The van der Waals surface area contributed by atoms with Gasteiger partial charge in [-0.05, 0) is 32.1 Å². The zero-order valence-corrected chi connectivity index (χ0v) is 18.9. The van der Waals surface area contributed by atoms with Crippen LogP contribution in [0.2, 0.25) is 0 Å². The van der Waals surface area contributed by atoms with Crippen LogP contribution in [0.5, 0.6) is 0 Å². The number of allylic oxidation sites excluding steroid dienone is 2. The Hall–Kier alpha value is -0.720. The van der Waals surface area contributed by atoms with Crippen molar-refractivity contribution in [3.8, 4) is 0 Å². The Balaban J connectivity index is 3.38. The molecule has 0 spiro atoms. The molecule has 172 valence electrons. The molecule has 0 saturated carbocycles. The molecule has 3 N–H and O–H groups in total. The van der Waals surface area contributed by atoms with Gasteiger partial charge < -0.3 is 19.6 Å². The second kappa shape index (κ2) is 19.3. The number of phosphoric ester groups is 1. The summed E-state index contributed by atoms with van der Waals surface area (Å²) in [7, 11) is -4.62. The van der Waals surface area contributed by atoms with E-state index in [0.717, 1.165) is 32.1 Å². The van der Waals surface area contributed by atoms with Crippen molar-refractivity contribution in [3.63, 3.8) is 0 Å². The molecule has 0 aromatic carbocycles. The fourth-order valence-corrected chi connectivity index (χ4v) is 3.20. The molecule has 0 rings (SSSR count). The van der Waals surface area contributed by atoms with Gasteiger partial charge in [0.1, 0.15) is 12.7 Å². The van der Waals surface area contributed by atoms with Crippen LogP contribution in [0, 0.1) is 0 Å². The molecular formula is C21H41O7P. The van der Waals surface area contributed by atoms with E-state index in [1.54, 1.807) is 0 Å². The molecule has 1 atom stereocenters. The average molecular weight is 437 g/mol. The third kappa shape index (κ3) is 23.4. The van der Waals surface area contributed by atoms with Crippen LogP contribution in [-0.2, 0) is 18.6 Å². The predicted molar refractivity (Wildman–Crippen MR) is 114 cm³/mol. The summed E-state index contributed by atoms with van der Waals surface area (Å²) in [6.07, 6.45) is 19.0. The van der Waals surface area contributed by atoms with Crippen LogP contribution in [-0.4, -0.2) is 40.2 Å². The van der Waals surface area contributed by atoms with Gasteiger partial charge in [0.25, 0.3) is 0 Å². The van der Waals surface area contributed by atoms with Gasteiger partial charge in [-0.1, -0.05) is 70.4 Å². The zero-order chi connectivity index (χ0) is 21.8. The van der Waals surface area contributed by atoms with Crippen molar-refractivity contribution in [1.29, 1.82) is 0 Å². The largest absolute Gasteiger partial charge is 0.469 e. The number of rotatable bonds is 20. The minimum Gasteiger partial charge on any atom is -0.463 e. The zero-order valence-electron chi connectivity index (χ0n) is 18.0. The number of unbranched alkanes of at least 4 members (excludes halogenated alkanes) is 11. The summed E-state index contributed by atoms with van der Waals surface area (Å²) in [6.45, 7) is 1.33. The maximum atomic E-state index is 11.5. The molecule has 0 aromatic rings. The number of ether oxygens (including phenoxy) is 1. The van der Waals surface area contributed by atoms with Crippen LogP contribution in [0.4, 0.5) is 0 Å². The molecule has 0 aromatic heterocycles. The number of aliphatic hydroxyl groups excluding tert-OH is 1. The van der Waals surface area contributed by atoms with Crippen molar-refractivity contribution < 1.29 is 33.5 Å². The topological polar surface area (TPSA) is 113 Å². The minimum atomic E-state index is -4.62. The molecule has 8 heteroatoms. The van der Waals surface area contributed by atoms with Crippen molar-refractivity contribution in [1.82, 2.24) is 0 Å². The molecule has 0 aliphatic heterocycles. The number of hydrogen-bond donors (Lipinski definition) is 3. The summed E-state index contributed by atoms with van der Waals surface area (Å²) in [6, 6.07) is 0. The maximum absolute atomic E-state index is 11.5. The molecule has 0 heterocycles. The van der Waals surface area contributed by atoms with Gasteiger partial charge in [-0.3, -0.25) is 9.32 Å². The fourth-order valence-electron chi connectivity index (χ4n) is 2.83. The number of hydrogen-bond acceptors (Lipinski definition) is 5. The summed E-state index contributed by atoms with van der Waals surface area (Å²) in [5, 5.41) is 9.41. The van der Waals surface area contributed by atoms with E-state index in [0.29, 0.717) is 0 Å². The highest BCUT2D eigenvalue weighted by atomic mass is 31.2. The molecule has 7 nitrogen and oxygen atoms in total. The van der Waals surface area contributed by atoms with Gasteiger partial charge in [-0.25, -0.2) is 4.57 Å². The summed E-state index contributed by atoms with van der Waals surface area (Å²) < 4.78 is 19.5. The minimum absolute atomic E-state index is 0.282. The molecule has 0 bridgehead atoms. The van der Waals surface area contributed by atoms with E-state index in [1.165, 1.54) is 51.4 Å². The SMILES string of the molecule is CCCCCCCC/C=C/CCCCCCCC(=O)OC[C@H](O)COP(=O)(O)O. The van der Waals surface area contributed by atoms with Gasteiger partial charge in [0.05, 0.1) is 6.61 Å². The van der Waals surface area contributed by atoms with E-state index < -0.39 is 26.5 Å². The maximum Gasteiger partial charge on any atom is 0.469 e. The standard InChI is InChI=1S/C21H41O7P/c1-2-3-4-5-6-7-8-9-10-11-12-13-14-15-16-17-21(23)27-18-20(22)19-28-29(24,25)26/h9-10,20,22H,2-8,11-19H2,1H3,(H2,24,25,26)/b10-9+/t20-/m0/s1. The first kappa shape index (κ1) is 28.3. The lowest BCUT2D eigenvalue weighted by molar-refractivity contribution is -0.147. The molecule has 0 saturated heterocycles. The summed E-state index contributed by atoms with van der Waals surface area (Å²) >= 11 is 0. The van der Waals surface area contributed by atoms with Crippen molar-refractivity contribution in [3.05, 3.63) is 12.2 Å². The highest BCUT2D eigenvalue weighted by molar-refractivity contribution is 7.46. The van der Waals surface area contributed by atoms with Crippen molar-refractivity contribution in [2.75, 3.05) is 13.2 Å². The van der Waals surface area contributed by atoms with Gasteiger partial charge >= 0.3 is 13.8 Å². The van der Waals surface area contributed by atoms with Crippen molar-refractivity contribution in [2.45, 2.75) is 103 Å². The Bertz CT molecular complexity index is 462. The highest BCUT2D eigenvalue weighted by Crippen LogP contribution is 2.35. The molecule has 0 unspecified atom stereocenters. The lowest BCUT2D eigenvalue weighted by atomic mass is 10.1. The smallest absolute Gasteiger partial charge is 0.463 e. The van der Waals surface area contributed by atoms with Crippen LogP contribution in [0.25, 0.3) is 0 Å². The van der Waals surface area contributed by atoms with Crippen LogP contribution in [0.15, 0.2) is 12.2 Å². The number of carbonyl (C=O) groups is 1. The first-order valence-electron chi connectivity index (χ1n) is 11.0. The third-order valence-corrected chi connectivity index (χ3v) is 5.00. The molecule has 0 aliphatic rings. The lowest BCUT2D eigenvalue weighted by Gasteiger charge is -2.12. The highest BCUT2D eigenvalue weighted by Gasteiger charge is 2.17. The molecule has 0 amide bonds. The van der Waals surface area contributed by atoms with Gasteiger partial charge in [-0.2, -0.15) is 0 Å². The van der Waals surface area contributed by atoms with E-state index >= 15 is 0 Å². The Morgan fingerprint density at radius 1 is 0.862 bits per heavy atom. The van der Waals surface area contributed by atoms with Crippen LogP contribution >= 0.6 is 7.82 Å². The van der Waals surface area contributed by atoms with Gasteiger partial charge in [0.15, 0.2) is 0 Å². The third-order valence-electron chi connectivity index (χ3n) is 4.51. The van der Waals surface area contributed by atoms with E-state index in [4.69, 9.17) is 14.5 Å². The van der Waals surface area contributed by atoms with E-state index in [9.17, 15) is 14.5 Å². The summed E-state index contributed by atoms with van der Waals surface area (Å²) in [4.78, 5) is 28.6. The van der Waals surface area contributed by atoms with E-state index in [-0.39, 0.29) is 13.0 Å². The fraction of sp³-hybridized carbons (Fsp3) is 0.857. The summed E-state index contributed by atoms with van der Waals surface area (Å²) in [5.41, 5.74) is 0. The van der Waals surface area contributed by atoms with Crippen molar-refractivity contribution >= 4 is 13.8 Å². The molecular weight excluding hydrogens is 395 g/mol. The summed E-state index contributed by atoms with van der Waals surface area (Å²) in [5.74, 6) is -0.419. The Labute approximate surface area is 176 Å². The van der Waals surface area contributed by atoms with E-state index in [2.05, 4.69) is 23.6 Å². The van der Waals surface area contributed by atoms with Gasteiger partial charge in [0, 0.05) is 6.42 Å². The monoisotopic (exact) mass is 436 g/mol. The molecule has 0 radical (unpaired) electrons. The van der Waals surface area contributed by atoms with Crippen LogP contribution in [0.3, 0.4) is 0 Å². The quantitative estimate of drug-likeness (QED) is 0.106. The normalized spacial score (nSPS) is 13.1. The van der Waals surface area contributed by atoms with Crippen LogP contribution < -0.4 is 0 Å². The van der Waals surface area contributed by atoms with Gasteiger partial charge in [0.2, 0.25) is 0 Å². The number of esters is 1. The molecule has 29 heavy (non-hydrogen) atoms. The van der Waals surface area contributed by atoms with E-state index in [1.807, 2.05) is 0 Å². The van der Waals surface area contributed by atoms with Gasteiger partial charge in [-0.15, -0.1) is 0 Å². The number of aliphatic hydroxyl groups is 1. The molecule has 0 aliphatic carbocycles. The Kier molecular flexibility index (Phi) is 18.8. The number of phosphoric acid groups is 1. The lowest BCUT2D eigenvalue weighted by Crippen LogP contribution is -2.23. The Morgan fingerprint density at radius 3 is 1.93 bits per heavy atom. The average Bonchev–Trinajstić information content (AvgIpc) is 2.67. The predicted octanol–water partition coefficient (Wildman–Crippen LogP) is 5.04. The first-order valence-corrected chi connectivity index (χ1v) is 12.6. The van der Waals surface area contributed by atoms with Crippen molar-refractivity contribution in [2.24, 2.45) is 0 Å². The Morgan fingerprint density at radius 2 is 1.38 bits per heavy atom. The van der Waals surface area contributed by atoms with Crippen LogP contribution in [0.1, 0.15) is 96.8 Å². The second-order valence-corrected chi connectivity index (χ2v) is 8.70. The second-order valence-electron chi connectivity index (χ2n) is 7.46.